The van der Waals surface area contributed by atoms with E-state index in [2.05, 4.69) is 30.0 Å². The standard InChI is InChI=1S/C16H25N3O3/c1-18(2)10-15-11-19(6-7-21-15)9-13-4-3-5-14(8-13)22-12-16(17)20/h3-5,8,15H,6-7,9-12H2,1-2H3,(H2,17,20). The highest BCUT2D eigenvalue weighted by Gasteiger charge is 2.21. The van der Waals surface area contributed by atoms with Crippen LogP contribution < -0.4 is 10.5 Å². The SMILES string of the molecule is CN(C)CC1CN(Cc2cccc(OCC(N)=O)c2)CCO1. The third-order valence-electron chi connectivity index (χ3n) is 3.48. The topological polar surface area (TPSA) is 68.0 Å². The lowest BCUT2D eigenvalue weighted by molar-refractivity contribution is -0.119. The minimum absolute atomic E-state index is 0.0914. The third-order valence-corrected chi connectivity index (χ3v) is 3.48. The number of ether oxygens (including phenoxy) is 2. The molecular formula is C16H25N3O3. The maximum absolute atomic E-state index is 10.8. The van der Waals surface area contributed by atoms with Crippen LogP contribution in [0.4, 0.5) is 0 Å². The maximum Gasteiger partial charge on any atom is 0.255 e. The van der Waals surface area contributed by atoms with Gasteiger partial charge in [-0.3, -0.25) is 9.69 Å². The Balaban J connectivity index is 1.89. The van der Waals surface area contributed by atoms with Crippen LogP contribution in [0.1, 0.15) is 5.56 Å². The molecule has 0 radical (unpaired) electrons. The molecule has 1 amide bonds. The Morgan fingerprint density at radius 3 is 3.05 bits per heavy atom. The molecule has 0 bridgehead atoms. The largest absolute Gasteiger partial charge is 0.484 e. The van der Waals surface area contributed by atoms with Crippen molar-refractivity contribution in [3.63, 3.8) is 0 Å². The predicted octanol–water partition coefficient (Wildman–Crippen LogP) is 0.313. The molecule has 6 nitrogen and oxygen atoms in total. The monoisotopic (exact) mass is 307 g/mol. The summed E-state index contributed by atoms with van der Waals surface area (Å²) >= 11 is 0. The number of morpholine rings is 1. The van der Waals surface area contributed by atoms with E-state index < -0.39 is 5.91 Å². The van der Waals surface area contributed by atoms with E-state index in [-0.39, 0.29) is 12.7 Å². The average Bonchev–Trinajstić information content (AvgIpc) is 2.45. The zero-order valence-electron chi connectivity index (χ0n) is 13.3. The lowest BCUT2D eigenvalue weighted by Gasteiger charge is -2.34. The zero-order valence-corrected chi connectivity index (χ0v) is 13.3. The summed E-state index contributed by atoms with van der Waals surface area (Å²) in [4.78, 5) is 15.3. The van der Waals surface area contributed by atoms with Crippen LogP contribution in [0.3, 0.4) is 0 Å². The average molecular weight is 307 g/mol. The summed E-state index contributed by atoms with van der Waals surface area (Å²) in [5.41, 5.74) is 6.25. The number of hydrogen-bond acceptors (Lipinski definition) is 5. The van der Waals surface area contributed by atoms with Crippen molar-refractivity contribution in [3.8, 4) is 5.75 Å². The van der Waals surface area contributed by atoms with Gasteiger partial charge in [-0.15, -0.1) is 0 Å². The number of carbonyl (C=O) groups excluding carboxylic acids is 1. The predicted molar refractivity (Wildman–Crippen MR) is 84.7 cm³/mol. The van der Waals surface area contributed by atoms with Crippen LogP contribution >= 0.6 is 0 Å². The normalized spacial score (nSPS) is 19.3. The molecule has 1 heterocycles. The fourth-order valence-corrected chi connectivity index (χ4v) is 2.59. The third kappa shape index (κ3) is 5.63. The molecule has 0 aliphatic carbocycles. The Hall–Kier alpha value is -1.63. The second-order valence-electron chi connectivity index (χ2n) is 5.89. The summed E-state index contributed by atoms with van der Waals surface area (Å²) < 4.78 is 11.1. The van der Waals surface area contributed by atoms with Crippen molar-refractivity contribution in [3.05, 3.63) is 29.8 Å². The molecule has 1 aromatic carbocycles. The van der Waals surface area contributed by atoms with Crippen molar-refractivity contribution in [2.24, 2.45) is 5.73 Å². The molecule has 2 rings (SSSR count). The maximum atomic E-state index is 10.8. The fraction of sp³-hybridized carbons (Fsp3) is 0.562. The number of carbonyl (C=O) groups is 1. The first-order chi connectivity index (χ1) is 10.5. The summed E-state index contributed by atoms with van der Waals surface area (Å²) in [6, 6.07) is 7.79. The van der Waals surface area contributed by atoms with E-state index in [9.17, 15) is 4.79 Å². The number of rotatable bonds is 7. The molecule has 1 atom stereocenters. The van der Waals surface area contributed by atoms with Gasteiger partial charge in [0.05, 0.1) is 12.7 Å². The molecule has 0 spiro atoms. The summed E-state index contributed by atoms with van der Waals surface area (Å²) in [7, 11) is 4.11. The van der Waals surface area contributed by atoms with Gasteiger partial charge in [0, 0.05) is 26.2 Å². The van der Waals surface area contributed by atoms with E-state index in [0.29, 0.717) is 5.75 Å². The molecule has 1 aliphatic rings. The van der Waals surface area contributed by atoms with E-state index in [1.165, 1.54) is 0 Å². The second kappa shape index (κ2) is 8.12. The molecule has 1 saturated heterocycles. The molecule has 1 fully saturated rings. The molecule has 1 unspecified atom stereocenters. The van der Waals surface area contributed by atoms with Crippen LogP contribution in [0.25, 0.3) is 0 Å². The summed E-state index contributed by atoms with van der Waals surface area (Å²) in [5.74, 6) is 0.208. The summed E-state index contributed by atoms with van der Waals surface area (Å²) in [5, 5.41) is 0. The van der Waals surface area contributed by atoms with Gasteiger partial charge in [-0.1, -0.05) is 12.1 Å². The van der Waals surface area contributed by atoms with Crippen LogP contribution in [0.2, 0.25) is 0 Å². The summed E-state index contributed by atoms with van der Waals surface area (Å²) in [6.07, 6.45) is 0.248. The molecule has 1 aliphatic heterocycles. The molecule has 22 heavy (non-hydrogen) atoms. The van der Waals surface area contributed by atoms with Crippen molar-refractivity contribution in [1.82, 2.24) is 9.80 Å². The van der Waals surface area contributed by atoms with Crippen molar-refractivity contribution in [2.45, 2.75) is 12.6 Å². The number of primary amides is 1. The Morgan fingerprint density at radius 1 is 1.50 bits per heavy atom. The Kier molecular flexibility index (Phi) is 6.18. The van der Waals surface area contributed by atoms with Gasteiger partial charge in [0.2, 0.25) is 0 Å². The Morgan fingerprint density at radius 2 is 2.32 bits per heavy atom. The van der Waals surface area contributed by atoms with Gasteiger partial charge in [0.1, 0.15) is 5.75 Å². The highest BCUT2D eigenvalue weighted by Crippen LogP contribution is 2.16. The molecule has 122 valence electrons. The van der Waals surface area contributed by atoms with E-state index >= 15 is 0 Å². The van der Waals surface area contributed by atoms with Crippen LogP contribution in [0.5, 0.6) is 5.75 Å². The van der Waals surface area contributed by atoms with Crippen molar-refractivity contribution >= 4 is 5.91 Å². The smallest absolute Gasteiger partial charge is 0.255 e. The first kappa shape index (κ1) is 16.7. The van der Waals surface area contributed by atoms with Crippen LogP contribution in [-0.2, 0) is 16.1 Å². The van der Waals surface area contributed by atoms with E-state index in [1.807, 2.05) is 18.2 Å². The van der Waals surface area contributed by atoms with Gasteiger partial charge in [-0.2, -0.15) is 0 Å². The summed E-state index contributed by atoms with van der Waals surface area (Å²) in [6.45, 7) is 4.29. The number of benzene rings is 1. The second-order valence-corrected chi connectivity index (χ2v) is 5.89. The van der Waals surface area contributed by atoms with Crippen molar-refractivity contribution in [1.29, 1.82) is 0 Å². The van der Waals surface area contributed by atoms with Crippen LogP contribution in [0.15, 0.2) is 24.3 Å². The molecule has 2 N–H and O–H groups in total. The quantitative estimate of drug-likeness (QED) is 0.785. The van der Waals surface area contributed by atoms with E-state index in [0.717, 1.165) is 38.3 Å². The van der Waals surface area contributed by atoms with Crippen molar-refractivity contribution < 1.29 is 14.3 Å². The van der Waals surface area contributed by atoms with Gasteiger partial charge in [0.25, 0.3) is 5.91 Å². The lowest BCUT2D eigenvalue weighted by atomic mass is 10.1. The molecule has 0 saturated carbocycles. The van der Waals surface area contributed by atoms with E-state index in [1.54, 1.807) is 0 Å². The highest BCUT2D eigenvalue weighted by atomic mass is 16.5. The van der Waals surface area contributed by atoms with Gasteiger partial charge in [0.15, 0.2) is 6.61 Å². The number of hydrogen-bond donors (Lipinski definition) is 1. The number of amides is 1. The lowest BCUT2D eigenvalue weighted by Crippen LogP contribution is -2.45. The Labute approximate surface area is 131 Å². The van der Waals surface area contributed by atoms with Gasteiger partial charge < -0.3 is 20.1 Å². The molecule has 1 aromatic rings. The van der Waals surface area contributed by atoms with Crippen molar-refractivity contribution in [2.75, 3.05) is 46.9 Å². The van der Waals surface area contributed by atoms with Gasteiger partial charge >= 0.3 is 0 Å². The van der Waals surface area contributed by atoms with Gasteiger partial charge in [-0.05, 0) is 31.8 Å². The van der Waals surface area contributed by atoms with Crippen LogP contribution in [-0.4, -0.2) is 68.8 Å². The van der Waals surface area contributed by atoms with Gasteiger partial charge in [-0.25, -0.2) is 0 Å². The highest BCUT2D eigenvalue weighted by molar-refractivity contribution is 5.75. The molecular weight excluding hydrogens is 282 g/mol. The Bertz CT molecular complexity index is 493. The molecule has 6 heteroatoms. The first-order valence-corrected chi connectivity index (χ1v) is 7.51. The first-order valence-electron chi connectivity index (χ1n) is 7.51. The minimum Gasteiger partial charge on any atom is -0.484 e. The van der Waals surface area contributed by atoms with Crippen LogP contribution in [0, 0.1) is 0 Å². The van der Waals surface area contributed by atoms with E-state index in [4.69, 9.17) is 15.2 Å². The number of likely N-dealkylation sites (N-methyl/N-ethyl adjacent to an activating group) is 1. The number of nitrogens with two attached hydrogens (primary N) is 1. The zero-order chi connectivity index (χ0) is 15.9. The minimum atomic E-state index is -0.467. The fourth-order valence-electron chi connectivity index (χ4n) is 2.59. The molecule has 0 aromatic heterocycles. The number of nitrogens with zero attached hydrogens (tertiary/aromatic N) is 2.